The minimum atomic E-state index is -0.994. The van der Waals surface area contributed by atoms with Gasteiger partial charge in [0, 0.05) is 6.54 Å². The SMILES string of the molecule is COc1cc(C(=O)O)ccc1CCNC(=O)Cc1cc(C)ccc1C. The molecule has 0 heterocycles. The van der Waals surface area contributed by atoms with Gasteiger partial charge in [0.15, 0.2) is 0 Å². The largest absolute Gasteiger partial charge is 0.496 e. The summed E-state index contributed by atoms with van der Waals surface area (Å²) in [5, 5.41) is 11.9. The molecule has 0 unspecified atom stereocenters. The van der Waals surface area contributed by atoms with Crippen LogP contribution in [0.5, 0.6) is 5.75 Å². The van der Waals surface area contributed by atoms with Gasteiger partial charge in [-0.1, -0.05) is 29.8 Å². The Morgan fingerprint density at radius 2 is 1.84 bits per heavy atom. The number of carboxylic acid groups (broad SMARTS) is 1. The Kier molecular flexibility index (Phi) is 6.17. The van der Waals surface area contributed by atoms with Crippen molar-refractivity contribution in [1.82, 2.24) is 5.32 Å². The number of rotatable bonds is 7. The highest BCUT2D eigenvalue weighted by atomic mass is 16.5. The van der Waals surface area contributed by atoms with Gasteiger partial charge in [-0.15, -0.1) is 0 Å². The van der Waals surface area contributed by atoms with Crippen LogP contribution in [0.3, 0.4) is 0 Å². The monoisotopic (exact) mass is 341 g/mol. The molecule has 2 N–H and O–H groups in total. The van der Waals surface area contributed by atoms with E-state index in [-0.39, 0.29) is 11.5 Å². The van der Waals surface area contributed by atoms with E-state index in [9.17, 15) is 9.59 Å². The van der Waals surface area contributed by atoms with Gasteiger partial charge < -0.3 is 15.2 Å². The lowest BCUT2D eigenvalue weighted by Crippen LogP contribution is -2.27. The molecule has 0 aliphatic heterocycles. The van der Waals surface area contributed by atoms with Crippen LogP contribution in [-0.2, 0) is 17.6 Å². The van der Waals surface area contributed by atoms with Gasteiger partial charge >= 0.3 is 5.97 Å². The van der Waals surface area contributed by atoms with Crippen LogP contribution in [0.4, 0.5) is 0 Å². The average molecular weight is 341 g/mol. The second kappa shape index (κ2) is 8.33. The third-order valence-electron chi connectivity index (χ3n) is 4.11. The minimum Gasteiger partial charge on any atom is -0.496 e. The molecule has 2 rings (SSSR count). The second-order valence-electron chi connectivity index (χ2n) is 6.04. The number of carboxylic acids is 1. The van der Waals surface area contributed by atoms with Gasteiger partial charge in [-0.2, -0.15) is 0 Å². The van der Waals surface area contributed by atoms with Gasteiger partial charge in [-0.3, -0.25) is 4.79 Å². The highest BCUT2D eigenvalue weighted by Crippen LogP contribution is 2.20. The van der Waals surface area contributed by atoms with E-state index < -0.39 is 5.97 Å². The molecule has 0 atom stereocenters. The molecule has 0 aliphatic rings. The van der Waals surface area contributed by atoms with E-state index in [2.05, 4.69) is 5.32 Å². The van der Waals surface area contributed by atoms with Crippen molar-refractivity contribution < 1.29 is 19.4 Å². The number of benzene rings is 2. The molecule has 25 heavy (non-hydrogen) atoms. The summed E-state index contributed by atoms with van der Waals surface area (Å²) in [5.74, 6) is -0.509. The summed E-state index contributed by atoms with van der Waals surface area (Å²) in [6.45, 7) is 4.47. The van der Waals surface area contributed by atoms with Gasteiger partial charge in [0.2, 0.25) is 5.91 Å². The normalized spacial score (nSPS) is 10.4. The summed E-state index contributed by atoms with van der Waals surface area (Å²) < 4.78 is 5.24. The smallest absolute Gasteiger partial charge is 0.335 e. The van der Waals surface area contributed by atoms with Gasteiger partial charge in [0.25, 0.3) is 0 Å². The molecule has 2 aromatic rings. The summed E-state index contributed by atoms with van der Waals surface area (Å²) in [5.41, 5.74) is 4.31. The van der Waals surface area contributed by atoms with Crippen molar-refractivity contribution in [2.75, 3.05) is 13.7 Å². The van der Waals surface area contributed by atoms with Crippen molar-refractivity contribution in [2.45, 2.75) is 26.7 Å². The molecule has 1 amide bonds. The van der Waals surface area contributed by atoms with Crippen molar-refractivity contribution in [3.8, 4) is 5.75 Å². The molecule has 0 bridgehead atoms. The molecule has 2 aromatic carbocycles. The predicted octanol–water partition coefficient (Wildman–Crippen LogP) is 2.91. The first-order valence-corrected chi connectivity index (χ1v) is 8.13. The molecule has 0 saturated heterocycles. The molecule has 0 aromatic heterocycles. The number of ether oxygens (including phenoxy) is 1. The van der Waals surface area contributed by atoms with Crippen LogP contribution >= 0.6 is 0 Å². The maximum absolute atomic E-state index is 12.1. The predicted molar refractivity (Wildman–Crippen MR) is 96.3 cm³/mol. The lowest BCUT2D eigenvalue weighted by molar-refractivity contribution is -0.120. The van der Waals surface area contributed by atoms with E-state index in [4.69, 9.17) is 9.84 Å². The number of aryl methyl sites for hydroxylation is 2. The number of aromatic carboxylic acids is 1. The molecule has 0 aliphatic carbocycles. The van der Waals surface area contributed by atoms with E-state index in [0.717, 1.165) is 22.3 Å². The number of carbonyl (C=O) groups is 2. The number of methoxy groups -OCH3 is 1. The van der Waals surface area contributed by atoms with Crippen LogP contribution in [-0.4, -0.2) is 30.6 Å². The van der Waals surface area contributed by atoms with Gasteiger partial charge in [-0.25, -0.2) is 4.79 Å². The summed E-state index contributed by atoms with van der Waals surface area (Å²) in [4.78, 5) is 23.1. The first-order valence-electron chi connectivity index (χ1n) is 8.13. The Hall–Kier alpha value is -2.82. The van der Waals surface area contributed by atoms with Crippen LogP contribution in [0.1, 0.15) is 32.6 Å². The third-order valence-corrected chi connectivity index (χ3v) is 4.11. The topological polar surface area (TPSA) is 75.6 Å². The highest BCUT2D eigenvalue weighted by molar-refractivity contribution is 5.88. The number of amides is 1. The number of hydrogen-bond acceptors (Lipinski definition) is 3. The van der Waals surface area contributed by atoms with E-state index >= 15 is 0 Å². The fourth-order valence-electron chi connectivity index (χ4n) is 2.65. The summed E-state index contributed by atoms with van der Waals surface area (Å²) in [6.07, 6.45) is 0.921. The Morgan fingerprint density at radius 3 is 2.52 bits per heavy atom. The molecule has 5 nitrogen and oxygen atoms in total. The average Bonchev–Trinajstić information content (AvgIpc) is 2.58. The fraction of sp³-hybridized carbons (Fsp3) is 0.300. The minimum absolute atomic E-state index is 0.0326. The van der Waals surface area contributed by atoms with E-state index in [1.165, 1.54) is 19.2 Å². The summed E-state index contributed by atoms with van der Waals surface area (Å²) in [6, 6.07) is 10.8. The maximum Gasteiger partial charge on any atom is 0.335 e. The van der Waals surface area contributed by atoms with E-state index in [1.54, 1.807) is 6.07 Å². The number of carbonyl (C=O) groups excluding carboxylic acids is 1. The van der Waals surface area contributed by atoms with Crippen LogP contribution in [0, 0.1) is 13.8 Å². The second-order valence-corrected chi connectivity index (χ2v) is 6.04. The molecule has 0 saturated carbocycles. The molecule has 0 radical (unpaired) electrons. The molecular formula is C20H23NO4. The zero-order valence-corrected chi connectivity index (χ0v) is 14.8. The van der Waals surface area contributed by atoms with Crippen molar-refractivity contribution >= 4 is 11.9 Å². The van der Waals surface area contributed by atoms with Crippen molar-refractivity contribution in [2.24, 2.45) is 0 Å². The zero-order valence-electron chi connectivity index (χ0n) is 14.8. The standard InChI is InChI=1S/C20H23NO4/c1-13-4-5-14(2)17(10-13)12-19(22)21-9-8-15-6-7-16(20(23)24)11-18(15)25-3/h4-7,10-11H,8-9,12H2,1-3H3,(H,21,22)(H,23,24). The fourth-order valence-corrected chi connectivity index (χ4v) is 2.65. The van der Waals surface area contributed by atoms with Crippen molar-refractivity contribution in [1.29, 1.82) is 0 Å². The Labute approximate surface area is 147 Å². The molecule has 0 fully saturated rings. The zero-order chi connectivity index (χ0) is 18.4. The molecule has 5 heteroatoms. The van der Waals surface area contributed by atoms with E-state index in [0.29, 0.717) is 25.1 Å². The lowest BCUT2D eigenvalue weighted by Gasteiger charge is -2.11. The lowest BCUT2D eigenvalue weighted by atomic mass is 10.0. The molecule has 132 valence electrons. The maximum atomic E-state index is 12.1. The Bertz CT molecular complexity index is 783. The van der Waals surface area contributed by atoms with Crippen LogP contribution in [0.2, 0.25) is 0 Å². The quantitative estimate of drug-likeness (QED) is 0.812. The number of hydrogen-bond donors (Lipinski definition) is 2. The van der Waals surface area contributed by atoms with E-state index in [1.807, 2.05) is 32.0 Å². The van der Waals surface area contributed by atoms with Gasteiger partial charge in [0.1, 0.15) is 5.75 Å². The first-order chi connectivity index (χ1) is 11.9. The van der Waals surface area contributed by atoms with Crippen molar-refractivity contribution in [3.63, 3.8) is 0 Å². The van der Waals surface area contributed by atoms with Gasteiger partial charge in [0.05, 0.1) is 19.1 Å². The molecular weight excluding hydrogens is 318 g/mol. The number of nitrogens with one attached hydrogen (secondary N) is 1. The van der Waals surface area contributed by atoms with Crippen LogP contribution in [0.25, 0.3) is 0 Å². The Morgan fingerprint density at radius 1 is 1.08 bits per heavy atom. The third kappa shape index (κ3) is 5.08. The van der Waals surface area contributed by atoms with Crippen LogP contribution < -0.4 is 10.1 Å². The highest BCUT2D eigenvalue weighted by Gasteiger charge is 2.10. The molecule has 0 spiro atoms. The van der Waals surface area contributed by atoms with Crippen molar-refractivity contribution in [3.05, 3.63) is 64.2 Å². The van der Waals surface area contributed by atoms with Crippen LogP contribution in [0.15, 0.2) is 36.4 Å². The van der Waals surface area contributed by atoms with Gasteiger partial charge in [-0.05, 0) is 49.1 Å². The summed E-state index contributed by atoms with van der Waals surface area (Å²) >= 11 is 0. The Balaban J connectivity index is 1.93. The first kappa shape index (κ1) is 18.5. The summed E-state index contributed by atoms with van der Waals surface area (Å²) in [7, 11) is 1.50.